The molecule has 2 aromatic rings. The van der Waals surface area contributed by atoms with Gasteiger partial charge in [-0.2, -0.15) is 0 Å². The summed E-state index contributed by atoms with van der Waals surface area (Å²) in [5.74, 6) is -0.0722. The number of aryl methyl sites for hydroxylation is 1. The fraction of sp³-hybridized carbons (Fsp3) is 0.118. The molecule has 4 nitrogen and oxygen atoms in total. The number of aliphatic imine (C=N–C) groups is 1. The number of benzene rings is 1. The average Bonchev–Trinajstić information content (AvgIpc) is 2.80. The van der Waals surface area contributed by atoms with Crippen LogP contribution in [0.1, 0.15) is 11.1 Å². The Morgan fingerprint density at radius 2 is 2.04 bits per heavy atom. The van der Waals surface area contributed by atoms with Crippen molar-refractivity contribution < 1.29 is 4.79 Å². The van der Waals surface area contributed by atoms with Crippen LogP contribution in [0.15, 0.2) is 52.5 Å². The number of hydrogen-bond acceptors (Lipinski definition) is 4. The van der Waals surface area contributed by atoms with Gasteiger partial charge < -0.3 is 0 Å². The quantitative estimate of drug-likeness (QED) is 0.604. The Bertz CT molecular complexity index is 832. The summed E-state index contributed by atoms with van der Waals surface area (Å²) in [6, 6.07) is 11.5. The maximum Gasteiger partial charge on any atom is 0.266 e. The number of nitrogens with zero attached hydrogens (tertiary/aromatic N) is 3. The van der Waals surface area contributed by atoms with E-state index in [1.54, 1.807) is 25.4 Å². The first-order valence-electron chi connectivity index (χ1n) is 6.98. The summed E-state index contributed by atoms with van der Waals surface area (Å²) in [6.07, 6.45) is 3.50. The molecule has 6 heteroatoms. The van der Waals surface area contributed by atoms with E-state index >= 15 is 0 Å². The summed E-state index contributed by atoms with van der Waals surface area (Å²) in [7, 11) is 1.71. The van der Waals surface area contributed by atoms with Gasteiger partial charge in [-0.1, -0.05) is 35.9 Å². The number of pyridine rings is 1. The maximum absolute atomic E-state index is 12.4. The molecule has 2 heterocycles. The Balaban J connectivity index is 1.95. The largest absolute Gasteiger partial charge is 0.290 e. The molecule has 1 aliphatic heterocycles. The van der Waals surface area contributed by atoms with Crippen molar-refractivity contribution in [2.75, 3.05) is 7.05 Å². The van der Waals surface area contributed by atoms with Crippen molar-refractivity contribution in [2.24, 2.45) is 4.99 Å². The number of carbonyl (C=O) groups is 1. The molecule has 0 bridgehead atoms. The highest BCUT2D eigenvalue weighted by atomic mass is 35.5. The predicted octanol–water partition coefficient (Wildman–Crippen LogP) is 4.28. The van der Waals surface area contributed by atoms with E-state index in [4.69, 9.17) is 11.6 Å². The maximum atomic E-state index is 12.4. The minimum Gasteiger partial charge on any atom is -0.290 e. The predicted molar refractivity (Wildman–Crippen MR) is 95.9 cm³/mol. The number of thioether (sulfide) groups is 1. The molecule has 0 spiro atoms. The molecule has 0 atom stereocenters. The summed E-state index contributed by atoms with van der Waals surface area (Å²) in [6.45, 7) is 2.02. The van der Waals surface area contributed by atoms with Crippen molar-refractivity contribution >= 4 is 46.2 Å². The van der Waals surface area contributed by atoms with Gasteiger partial charge in [-0.25, -0.2) is 9.98 Å². The molecule has 0 N–H and O–H groups in total. The van der Waals surface area contributed by atoms with Gasteiger partial charge in [0.2, 0.25) is 0 Å². The summed E-state index contributed by atoms with van der Waals surface area (Å²) in [4.78, 5) is 23.0. The number of aromatic nitrogens is 1. The average molecular weight is 344 g/mol. The van der Waals surface area contributed by atoms with Gasteiger partial charge in [0.1, 0.15) is 5.69 Å². The third-order valence-electron chi connectivity index (χ3n) is 3.43. The van der Waals surface area contributed by atoms with E-state index in [0.29, 0.717) is 20.9 Å². The van der Waals surface area contributed by atoms with Crippen LogP contribution in [0.4, 0.5) is 5.69 Å². The second-order valence-electron chi connectivity index (χ2n) is 5.04. The van der Waals surface area contributed by atoms with Crippen molar-refractivity contribution in [3.05, 3.63) is 63.8 Å². The van der Waals surface area contributed by atoms with Crippen LogP contribution in [0.2, 0.25) is 5.15 Å². The van der Waals surface area contributed by atoms with Crippen LogP contribution in [0, 0.1) is 6.92 Å². The number of halogens is 1. The van der Waals surface area contributed by atoms with E-state index in [9.17, 15) is 4.79 Å². The fourth-order valence-electron chi connectivity index (χ4n) is 2.11. The topological polar surface area (TPSA) is 45.6 Å². The highest BCUT2D eigenvalue weighted by Gasteiger charge is 2.30. The van der Waals surface area contributed by atoms with Crippen LogP contribution in [0.3, 0.4) is 0 Å². The minimum atomic E-state index is -0.0722. The summed E-state index contributed by atoms with van der Waals surface area (Å²) in [5, 5.41) is 0.905. The van der Waals surface area contributed by atoms with Crippen LogP contribution >= 0.6 is 23.4 Å². The molecule has 0 aliphatic carbocycles. The fourth-order valence-corrected chi connectivity index (χ4v) is 3.24. The van der Waals surface area contributed by atoms with Gasteiger partial charge in [0.05, 0.1) is 4.91 Å². The number of amidine groups is 1. The Labute approximate surface area is 143 Å². The lowest BCUT2D eigenvalue weighted by atomic mass is 10.1. The van der Waals surface area contributed by atoms with E-state index in [0.717, 1.165) is 11.1 Å². The van der Waals surface area contributed by atoms with Gasteiger partial charge in [0, 0.05) is 13.2 Å². The Morgan fingerprint density at radius 3 is 2.78 bits per heavy atom. The number of likely N-dealkylation sites (N-methyl/N-ethyl adjacent to an activating group) is 1. The first kappa shape index (κ1) is 15.8. The van der Waals surface area contributed by atoms with Gasteiger partial charge in [0.25, 0.3) is 5.91 Å². The van der Waals surface area contributed by atoms with Crippen LogP contribution < -0.4 is 0 Å². The molecule has 1 saturated heterocycles. The van der Waals surface area contributed by atoms with Gasteiger partial charge in [-0.05, 0) is 48.0 Å². The Kier molecular flexibility index (Phi) is 4.50. The molecular weight excluding hydrogens is 330 g/mol. The van der Waals surface area contributed by atoms with Crippen LogP contribution in [-0.4, -0.2) is 28.0 Å². The molecule has 3 rings (SSSR count). The second kappa shape index (κ2) is 6.56. The zero-order valence-electron chi connectivity index (χ0n) is 12.7. The molecule has 23 heavy (non-hydrogen) atoms. The Morgan fingerprint density at radius 1 is 1.26 bits per heavy atom. The lowest BCUT2D eigenvalue weighted by molar-refractivity contribution is -0.121. The standard InChI is InChI=1S/C17H14ClN3OS/c1-11-6-3-4-7-12(11)10-14-16(22)21(2)17(23-14)20-13-8-5-9-19-15(13)18/h3-10H,1-2H3/b14-10-,20-17?. The number of carbonyl (C=O) groups excluding carboxylic acids is 1. The third-order valence-corrected chi connectivity index (χ3v) is 4.79. The zero-order chi connectivity index (χ0) is 16.4. The molecular formula is C17H14ClN3OS. The summed E-state index contributed by atoms with van der Waals surface area (Å²) in [5.41, 5.74) is 2.70. The SMILES string of the molecule is Cc1ccccc1/C=C1\SC(=Nc2cccnc2Cl)N(C)C1=O. The Hall–Kier alpha value is -2.11. The molecule has 1 fully saturated rings. The molecule has 1 aromatic heterocycles. The second-order valence-corrected chi connectivity index (χ2v) is 6.41. The zero-order valence-corrected chi connectivity index (χ0v) is 14.2. The number of amides is 1. The minimum absolute atomic E-state index is 0.0722. The van der Waals surface area contributed by atoms with Gasteiger partial charge in [0.15, 0.2) is 10.3 Å². The molecule has 0 radical (unpaired) electrons. The van der Waals surface area contributed by atoms with E-state index in [-0.39, 0.29) is 5.91 Å². The van der Waals surface area contributed by atoms with E-state index < -0.39 is 0 Å². The molecule has 1 aliphatic rings. The number of rotatable bonds is 2. The molecule has 1 amide bonds. The first-order valence-corrected chi connectivity index (χ1v) is 8.18. The smallest absolute Gasteiger partial charge is 0.266 e. The van der Waals surface area contributed by atoms with Crippen molar-refractivity contribution in [1.82, 2.24) is 9.88 Å². The lowest BCUT2D eigenvalue weighted by Crippen LogP contribution is -2.23. The van der Waals surface area contributed by atoms with Crippen molar-refractivity contribution in [2.45, 2.75) is 6.92 Å². The van der Waals surface area contributed by atoms with Crippen molar-refractivity contribution in [1.29, 1.82) is 0 Å². The molecule has 0 saturated carbocycles. The van der Waals surface area contributed by atoms with Crippen LogP contribution in [0.5, 0.6) is 0 Å². The molecule has 1 aromatic carbocycles. The van der Waals surface area contributed by atoms with Crippen molar-refractivity contribution in [3.8, 4) is 0 Å². The van der Waals surface area contributed by atoms with E-state index in [1.807, 2.05) is 37.3 Å². The highest BCUT2D eigenvalue weighted by Crippen LogP contribution is 2.34. The van der Waals surface area contributed by atoms with Gasteiger partial charge in [-0.15, -0.1) is 0 Å². The highest BCUT2D eigenvalue weighted by molar-refractivity contribution is 8.18. The first-order chi connectivity index (χ1) is 11.1. The lowest BCUT2D eigenvalue weighted by Gasteiger charge is -2.07. The van der Waals surface area contributed by atoms with Gasteiger partial charge in [-0.3, -0.25) is 9.69 Å². The summed E-state index contributed by atoms with van der Waals surface area (Å²) >= 11 is 7.36. The van der Waals surface area contributed by atoms with E-state index in [1.165, 1.54) is 16.7 Å². The molecule has 0 unspecified atom stereocenters. The molecule has 116 valence electrons. The number of hydrogen-bond donors (Lipinski definition) is 0. The van der Waals surface area contributed by atoms with Gasteiger partial charge >= 0.3 is 0 Å². The van der Waals surface area contributed by atoms with Crippen LogP contribution in [-0.2, 0) is 4.79 Å². The van der Waals surface area contributed by atoms with Crippen LogP contribution in [0.25, 0.3) is 6.08 Å². The monoisotopic (exact) mass is 343 g/mol. The summed E-state index contributed by atoms with van der Waals surface area (Å²) < 4.78 is 0. The third kappa shape index (κ3) is 3.30. The normalized spacial score (nSPS) is 18.2. The van der Waals surface area contributed by atoms with Crippen molar-refractivity contribution in [3.63, 3.8) is 0 Å². The van der Waals surface area contributed by atoms with E-state index in [2.05, 4.69) is 9.98 Å².